The highest BCUT2D eigenvalue weighted by atomic mass is 16.3. The molecule has 0 spiro atoms. The Morgan fingerprint density at radius 2 is 2.11 bits per heavy atom. The van der Waals surface area contributed by atoms with Crippen molar-refractivity contribution in [3.05, 3.63) is 0 Å². The highest BCUT2D eigenvalue weighted by molar-refractivity contribution is 5.81. The van der Waals surface area contributed by atoms with E-state index in [0.717, 1.165) is 32.4 Å². The van der Waals surface area contributed by atoms with E-state index >= 15 is 0 Å². The van der Waals surface area contributed by atoms with Crippen LogP contribution >= 0.6 is 0 Å². The first-order chi connectivity index (χ1) is 8.63. The third-order valence-corrected chi connectivity index (χ3v) is 4.26. The third-order valence-electron chi connectivity index (χ3n) is 4.26. The Bertz CT molecular complexity index is 294. The summed E-state index contributed by atoms with van der Waals surface area (Å²) in [4.78, 5) is 16.2. The molecular weight excluding hydrogens is 232 g/mol. The van der Waals surface area contributed by atoms with Crippen LogP contribution in [0.25, 0.3) is 0 Å². The molecule has 1 amide bonds. The van der Waals surface area contributed by atoms with E-state index in [1.54, 1.807) is 4.90 Å². The molecule has 1 saturated carbocycles. The lowest BCUT2D eigenvalue weighted by atomic mass is 9.80. The Balaban J connectivity index is 1.87. The van der Waals surface area contributed by atoms with Gasteiger partial charge in [-0.3, -0.25) is 9.69 Å². The normalized spacial score (nSPS) is 27.9. The summed E-state index contributed by atoms with van der Waals surface area (Å²) in [5.74, 6) is 0.0796. The van der Waals surface area contributed by atoms with E-state index in [0.29, 0.717) is 13.1 Å². The SMILES string of the molecule is CC1CN(CCO)CCN1C(=O)C(O)C1CCC1. The van der Waals surface area contributed by atoms with Crippen molar-refractivity contribution in [2.45, 2.75) is 38.3 Å². The molecule has 0 aromatic heterocycles. The molecule has 2 fully saturated rings. The molecule has 2 unspecified atom stereocenters. The zero-order valence-electron chi connectivity index (χ0n) is 11.1. The van der Waals surface area contributed by atoms with E-state index in [2.05, 4.69) is 4.90 Å². The Morgan fingerprint density at radius 3 is 2.61 bits per heavy atom. The van der Waals surface area contributed by atoms with Crippen molar-refractivity contribution in [2.75, 3.05) is 32.8 Å². The molecule has 18 heavy (non-hydrogen) atoms. The van der Waals surface area contributed by atoms with Crippen LogP contribution in [0.2, 0.25) is 0 Å². The van der Waals surface area contributed by atoms with E-state index in [1.807, 2.05) is 6.92 Å². The zero-order chi connectivity index (χ0) is 13.1. The second-order valence-electron chi connectivity index (χ2n) is 5.54. The number of β-amino-alcohol motifs (C(OH)–C–C–N with tert-alkyl or cyclic N) is 1. The topological polar surface area (TPSA) is 64.0 Å². The van der Waals surface area contributed by atoms with Crippen LogP contribution in [-0.4, -0.2) is 70.9 Å². The van der Waals surface area contributed by atoms with Gasteiger partial charge < -0.3 is 15.1 Å². The predicted molar refractivity (Wildman–Crippen MR) is 68.0 cm³/mol. The third kappa shape index (κ3) is 2.84. The van der Waals surface area contributed by atoms with Gasteiger partial charge in [-0.25, -0.2) is 0 Å². The summed E-state index contributed by atoms with van der Waals surface area (Å²) in [6.45, 7) is 5.05. The summed E-state index contributed by atoms with van der Waals surface area (Å²) < 4.78 is 0. The van der Waals surface area contributed by atoms with Gasteiger partial charge in [-0.1, -0.05) is 6.42 Å². The van der Waals surface area contributed by atoms with Gasteiger partial charge in [-0.05, 0) is 25.7 Å². The number of aliphatic hydroxyl groups excluding tert-OH is 2. The fourth-order valence-corrected chi connectivity index (χ4v) is 2.83. The molecule has 1 heterocycles. The minimum absolute atomic E-state index is 0.101. The first-order valence-electron chi connectivity index (χ1n) is 6.95. The van der Waals surface area contributed by atoms with Crippen molar-refractivity contribution in [1.82, 2.24) is 9.80 Å². The van der Waals surface area contributed by atoms with Crippen LogP contribution in [0.15, 0.2) is 0 Å². The Hall–Kier alpha value is -0.650. The molecule has 0 radical (unpaired) electrons. The van der Waals surface area contributed by atoms with Crippen molar-refractivity contribution in [1.29, 1.82) is 0 Å². The molecule has 0 bridgehead atoms. The van der Waals surface area contributed by atoms with Crippen molar-refractivity contribution >= 4 is 5.91 Å². The lowest BCUT2D eigenvalue weighted by Gasteiger charge is -2.42. The number of hydrogen-bond acceptors (Lipinski definition) is 4. The number of carbonyl (C=O) groups excluding carboxylic acids is 1. The zero-order valence-corrected chi connectivity index (χ0v) is 11.1. The van der Waals surface area contributed by atoms with Crippen molar-refractivity contribution in [3.8, 4) is 0 Å². The minimum atomic E-state index is -0.800. The van der Waals surface area contributed by atoms with Gasteiger partial charge in [0.05, 0.1) is 6.61 Å². The average Bonchev–Trinajstić information content (AvgIpc) is 2.26. The second kappa shape index (κ2) is 5.99. The van der Waals surface area contributed by atoms with Gasteiger partial charge in [0.15, 0.2) is 0 Å². The van der Waals surface area contributed by atoms with E-state index in [9.17, 15) is 9.90 Å². The maximum absolute atomic E-state index is 12.2. The maximum atomic E-state index is 12.2. The fraction of sp³-hybridized carbons (Fsp3) is 0.923. The first kappa shape index (κ1) is 13.8. The van der Waals surface area contributed by atoms with Crippen LogP contribution in [0.4, 0.5) is 0 Å². The minimum Gasteiger partial charge on any atom is -0.395 e. The van der Waals surface area contributed by atoms with E-state index < -0.39 is 6.10 Å². The number of nitrogens with zero attached hydrogens (tertiary/aromatic N) is 2. The number of amides is 1. The molecule has 2 N–H and O–H groups in total. The van der Waals surface area contributed by atoms with Crippen LogP contribution in [0.1, 0.15) is 26.2 Å². The molecule has 0 aromatic carbocycles. The van der Waals surface area contributed by atoms with Crippen LogP contribution in [0, 0.1) is 5.92 Å². The maximum Gasteiger partial charge on any atom is 0.252 e. The van der Waals surface area contributed by atoms with Crippen LogP contribution < -0.4 is 0 Å². The number of hydrogen-bond donors (Lipinski definition) is 2. The smallest absolute Gasteiger partial charge is 0.252 e. The van der Waals surface area contributed by atoms with Gasteiger partial charge in [-0.15, -0.1) is 0 Å². The monoisotopic (exact) mass is 256 g/mol. The molecule has 1 aliphatic carbocycles. The highest BCUT2D eigenvalue weighted by Gasteiger charge is 2.36. The van der Waals surface area contributed by atoms with Crippen LogP contribution in [-0.2, 0) is 4.79 Å². The number of aliphatic hydroxyl groups is 2. The molecule has 2 rings (SSSR count). The van der Waals surface area contributed by atoms with Crippen molar-refractivity contribution < 1.29 is 15.0 Å². The molecule has 0 aromatic rings. The summed E-state index contributed by atoms with van der Waals surface area (Å²) in [5, 5.41) is 19.0. The van der Waals surface area contributed by atoms with Crippen molar-refractivity contribution in [3.63, 3.8) is 0 Å². The molecule has 2 aliphatic rings. The van der Waals surface area contributed by atoms with Gasteiger partial charge in [0.25, 0.3) is 5.91 Å². The first-order valence-corrected chi connectivity index (χ1v) is 6.95. The molecule has 1 aliphatic heterocycles. The summed E-state index contributed by atoms with van der Waals surface area (Å²) in [7, 11) is 0. The Morgan fingerprint density at radius 1 is 1.39 bits per heavy atom. The van der Waals surface area contributed by atoms with E-state index in [4.69, 9.17) is 5.11 Å². The molecule has 5 nitrogen and oxygen atoms in total. The highest BCUT2D eigenvalue weighted by Crippen LogP contribution is 2.30. The summed E-state index contributed by atoms with van der Waals surface area (Å²) in [5.41, 5.74) is 0. The van der Waals surface area contributed by atoms with Crippen molar-refractivity contribution in [2.24, 2.45) is 5.92 Å². The summed E-state index contributed by atoms with van der Waals surface area (Å²) >= 11 is 0. The van der Waals surface area contributed by atoms with Gasteiger partial charge in [0, 0.05) is 32.2 Å². The summed E-state index contributed by atoms with van der Waals surface area (Å²) in [6.07, 6.45) is 2.29. The largest absolute Gasteiger partial charge is 0.395 e. The standard InChI is InChI=1S/C13H24N2O3/c1-10-9-14(7-8-16)5-6-15(10)13(18)12(17)11-3-2-4-11/h10-12,16-17H,2-9H2,1H3. The molecular formula is C13H24N2O3. The van der Waals surface area contributed by atoms with Crippen LogP contribution in [0.5, 0.6) is 0 Å². The lowest BCUT2D eigenvalue weighted by Crippen LogP contribution is -2.57. The lowest BCUT2D eigenvalue weighted by molar-refractivity contribution is -0.149. The number of rotatable bonds is 4. The van der Waals surface area contributed by atoms with Crippen LogP contribution in [0.3, 0.4) is 0 Å². The predicted octanol–water partition coefficient (Wildman–Crippen LogP) is -0.328. The Kier molecular flexibility index (Phi) is 4.59. The fourth-order valence-electron chi connectivity index (χ4n) is 2.83. The van der Waals surface area contributed by atoms with Gasteiger partial charge >= 0.3 is 0 Å². The van der Waals surface area contributed by atoms with Gasteiger partial charge in [0.1, 0.15) is 6.10 Å². The Labute approximate surface area is 108 Å². The molecule has 5 heteroatoms. The molecule has 2 atom stereocenters. The number of piperazine rings is 1. The summed E-state index contributed by atoms with van der Waals surface area (Å²) in [6, 6.07) is 0.118. The van der Waals surface area contributed by atoms with E-state index in [1.165, 1.54) is 0 Å². The average molecular weight is 256 g/mol. The van der Waals surface area contributed by atoms with Gasteiger partial charge in [0.2, 0.25) is 0 Å². The second-order valence-corrected chi connectivity index (χ2v) is 5.54. The molecule has 104 valence electrons. The van der Waals surface area contributed by atoms with Gasteiger partial charge in [-0.2, -0.15) is 0 Å². The number of carbonyl (C=O) groups is 1. The van der Waals surface area contributed by atoms with E-state index in [-0.39, 0.29) is 24.5 Å². The quantitative estimate of drug-likeness (QED) is 0.723. The molecule has 1 saturated heterocycles.